The zero-order valence-corrected chi connectivity index (χ0v) is 28.5. The Morgan fingerprint density at radius 2 is 0.905 bits per heavy atom. The molecule has 0 aromatic rings. The van der Waals surface area contributed by atoms with Crippen LogP contribution in [0.4, 0.5) is 0 Å². The molecule has 0 fully saturated rings. The van der Waals surface area contributed by atoms with Crippen LogP contribution in [0.2, 0.25) is 0 Å². The Hall–Kier alpha value is -1.39. The molecule has 2 amide bonds. The van der Waals surface area contributed by atoms with E-state index in [1.54, 1.807) is 0 Å². The lowest BCUT2D eigenvalue weighted by atomic mass is 9.93. The summed E-state index contributed by atoms with van der Waals surface area (Å²) in [6, 6.07) is 0. The van der Waals surface area contributed by atoms with Gasteiger partial charge in [-0.2, -0.15) is 0 Å². The van der Waals surface area contributed by atoms with Gasteiger partial charge in [0.1, 0.15) is 5.78 Å². The SMILES string of the molecule is CCCCCCCCCCCCCC(=O)CC(CCCCNC(=O)CCCCCCCCCCCCC)C(=O)NCC. The van der Waals surface area contributed by atoms with Gasteiger partial charge in [0.25, 0.3) is 0 Å². The van der Waals surface area contributed by atoms with Crippen LogP contribution in [0.3, 0.4) is 0 Å². The smallest absolute Gasteiger partial charge is 0.223 e. The van der Waals surface area contributed by atoms with Crippen molar-refractivity contribution < 1.29 is 14.4 Å². The molecule has 0 rings (SSSR count). The lowest BCUT2D eigenvalue weighted by Gasteiger charge is -2.16. The zero-order valence-electron chi connectivity index (χ0n) is 28.5. The molecule has 42 heavy (non-hydrogen) atoms. The molecule has 1 unspecified atom stereocenters. The standard InChI is InChI=1S/C37H72N2O3/c1-4-7-9-11-13-15-17-19-21-23-25-30-35(40)33-34(37(42)38-6-3)29-27-28-32-39-36(41)31-26-24-22-20-18-16-14-12-10-8-5-2/h34H,4-33H2,1-3H3,(H,38,42)(H,39,41). The summed E-state index contributed by atoms with van der Waals surface area (Å²) < 4.78 is 0. The highest BCUT2D eigenvalue weighted by molar-refractivity contribution is 5.86. The molecule has 0 spiro atoms. The Labute approximate surface area is 261 Å². The predicted molar refractivity (Wildman–Crippen MR) is 181 cm³/mol. The average Bonchev–Trinajstić information content (AvgIpc) is 2.98. The number of rotatable bonds is 33. The van der Waals surface area contributed by atoms with Gasteiger partial charge in [-0.3, -0.25) is 14.4 Å². The Bertz CT molecular complexity index is 622. The minimum atomic E-state index is -0.239. The fraction of sp³-hybridized carbons (Fsp3) is 0.919. The third kappa shape index (κ3) is 28.7. The summed E-state index contributed by atoms with van der Waals surface area (Å²) >= 11 is 0. The van der Waals surface area contributed by atoms with E-state index in [0.29, 0.717) is 38.8 Å². The lowest BCUT2D eigenvalue weighted by Crippen LogP contribution is -2.32. The molecule has 2 N–H and O–H groups in total. The van der Waals surface area contributed by atoms with Crippen molar-refractivity contribution >= 4 is 17.6 Å². The van der Waals surface area contributed by atoms with Crippen molar-refractivity contribution in [2.75, 3.05) is 13.1 Å². The average molecular weight is 593 g/mol. The van der Waals surface area contributed by atoms with Crippen LogP contribution in [0.5, 0.6) is 0 Å². The van der Waals surface area contributed by atoms with Crippen LogP contribution in [-0.4, -0.2) is 30.7 Å². The Kier molecular flexibility index (Phi) is 31.4. The number of Topliss-reactive ketones (excluding diaryl/α,β-unsaturated/α-hetero) is 1. The first-order chi connectivity index (χ1) is 20.5. The molecule has 1 atom stereocenters. The first-order valence-electron chi connectivity index (χ1n) is 18.6. The maximum atomic E-state index is 12.6. The van der Waals surface area contributed by atoms with Gasteiger partial charge in [-0.25, -0.2) is 0 Å². The number of carbonyl (C=O) groups is 3. The summed E-state index contributed by atoms with van der Waals surface area (Å²) in [5.74, 6) is 0.137. The van der Waals surface area contributed by atoms with Gasteiger partial charge in [-0.1, -0.05) is 149 Å². The van der Waals surface area contributed by atoms with E-state index in [-0.39, 0.29) is 23.5 Å². The van der Waals surface area contributed by atoms with E-state index in [0.717, 1.165) is 38.5 Å². The highest BCUT2D eigenvalue weighted by Gasteiger charge is 2.20. The van der Waals surface area contributed by atoms with Crippen LogP contribution < -0.4 is 10.6 Å². The number of ketones is 1. The maximum absolute atomic E-state index is 12.6. The van der Waals surface area contributed by atoms with E-state index in [4.69, 9.17) is 0 Å². The second-order valence-electron chi connectivity index (χ2n) is 12.8. The third-order valence-corrected chi connectivity index (χ3v) is 8.56. The van der Waals surface area contributed by atoms with Gasteiger partial charge in [0.15, 0.2) is 0 Å². The van der Waals surface area contributed by atoms with Crippen LogP contribution in [0.25, 0.3) is 0 Å². The van der Waals surface area contributed by atoms with Crippen molar-refractivity contribution in [2.24, 2.45) is 5.92 Å². The van der Waals surface area contributed by atoms with Crippen molar-refractivity contribution in [3.05, 3.63) is 0 Å². The summed E-state index contributed by atoms with van der Waals surface area (Å²) in [7, 11) is 0. The number of amides is 2. The van der Waals surface area contributed by atoms with Crippen LogP contribution in [0.1, 0.15) is 201 Å². The van der Waals surface area contributed by atoms with Crippen molar-refractivity contribution in [3.8, 4) is 0 Å². The topological polar surface area (TPSA) is 75.3 Å². The molecule has 0 heterocycles. The fourth-order valence-electron chi connectivity index (χ4n) is 5.79. The van der Waals surface area contributed by atoms with Gasteiger partial charge in [0.2, 0.25) is 11.8 Å². The van der Waals surface area contributed by atoms with Gasteiger partial charge in [-0.05, 0) is 32.6 Å². The molecule has 0 radical (unpaired) electrons. The van der Waals surface area contributed by atoms with Gasteiger partial charge in [0, 0.05) is 38.3 Å². The molecule has 0 aliphatic heterocycles. The van der Waals surface area contributed by atoms with Crippen molar-refractivity contribution in [1.82, 2.24) is 10.6 Å². The Balaban J connectivity index is 3.85. The van der Waals surface area contributed by atoms with Gasteiger partial charge < -0.3 is 10.6 Å². The number of unbranched alkanes of at least 4 members (excludes halogenated alkanes) is 21. The van der Waals surface area contributed by atoms with Crippen LogP contribution in [-0.2, 0) is 14.4 Å². The molecule has 5 nitrogen and oxygen atoms in total. The molecular weight excluding hydrogens is 520 g/mol. The Morgan fingerprint density at radius 3 is 1.36 bits per heavy atom. The van der Waals surface area contributed by atoms with Crippen LogP contribution in [0, 0.1) is 5.92 Å². The van der Waals surface area contributed by atoms with E-state index in [9.17, 15) is 14.4 Å². The number of hydrogen-bond acceptors (Lipinski definition) is 3. The highest BCUT2D eigenvalue weighted by Crippen LogP contribution is 2.17. The van der Waals surface area contributed by atoms with E-state index < -0.39 is 0 Å². The lowest BCUT2D eigenvalue weighted by molar-refractivity contribution is -0.129. The molecule has 0 bridgehead atoms. The number of nitrogens with one attached hydrogen (secondary N) is 2. The van der Waals surface area contributed by atoms with Gasteiger partial charge in [-0.15, -0.1) is 0 Å². The summed E-state index contributed by atoms with van der Waals surface area (Å²) in [4.78, 5) is 37.3. The highest BCUT2D eigenvalue weighted by atomic mass is 16.2. The first-order valence-corrected chi connectivity index (χ1v) is 18.6. The summed E-state index contributed by atoms with van der Waals surface area (Å²) in [5.41, 5.74) is 0. The molecule has 248 valence electrons. The third-order valence-electron chi connectivity index (χ3n) is 8.56. The second kappa shape index (κ2) is 32.5. The normalized spacial score (nSPS) is 11.9. The zero-order chi connectivity index (χ0) is 30.9. The monoisotopic (exact) mass is 593 g/mol. The van der Waals surface area contributed by atoms with Crippen molar-refractivity contribution in [3.63, 3.8) is 0 Å². The van der Waals surface area contributed by atoms with Gasteiger partial charge >= 0.3 is 0 Å². The van der Waals surface area contributed by atoms with E-state index >= 15 is 0 Å². The molecule has 0 saturated heterocycles. The van der Waals surface area contributed by atoms with Crippen LogP contribution >= 0.6 is 0 Å². The molecule has 0 aromatic carbocycles. The number of hydrogen-bond donors (Lipinski definition) is 2. The molecule has 0 aromatic heterocycles. The fourth-order valence-corrected chi connectivity index (χ4v) is 5.79. The van der Waals surface area contributed by atoms with Gasteiger partial charge in [0.05, 0.1) is 0 Å². The quantitative estimate of drug-likeness (QED) is 0.0744. The largest absolute Gasteiger partial charge is 0.356 e. The first kappa shape index (κ1) is 40.6. The van der Waals surface area contributed by atoms with Crippen molar-refractivity contribution in [2.45, 2.75) is 201 Å². The van der Waals surface area contributed by atoms with E-state index in [1.165, 1.54) is 116 Å². The molecule has 0 aliphatic carbocycles. The molecular formula is C37H72N2O3. The Morgan fingerprint density at radius 1 is 0.476 bits per heavy atom. The van der Waals surface area contributed by atoms with E-state index in [2.05, 4.69) is 24.5 Å². The minimum Gasteiger partial charge on any atom is -0.356 e. The maximum Gasteiger partial charge on any atom is 0.223 e. The second-order valence-corrected chi connectivity index (χ2v) is 12.8. The predicted octanol–water partition coefficient (Wildman–Crippen LogP) is 10.4. The van der Waals surface area contributed by atoms with Crippen molar-refractivity contribution in [1.29, 1.82) is 0 Å². The summed E-state index contributed by atoms with van der Waals surface area (Å²) in [6.45, 7) is 7.70. The summed E-state index contributed by atoms with van der Waals surface area (Å²) in [5, 5.41) is 5.96. The minimum absolute atomic E-state index is 0.00492. The van der Waals surface area contributed by atoms with E-state index in [1.807, 2.05) is 6.92 Å². The molecule has 0 aliphatic rings. The number of carbonyl (C=O) groups excluding carboxylic acids is 3. The van der Waals surface area contributed by atoms with Crippen LogP contribution in [0.15, 0.2) is 0 Å². The molecule has 0 saturated carbocycles. The molecule has 5 heteroatoms. The summed E-state index contributed by atoms with van der Waals surface area (Å²) in [6.07, 6.45) is 32.2.